The third kappa shape index (κ3) is 4.69. The van der Waals surface area contributed by atoms with Gasteiger partial charge in [0.2, 0.25) is 0 Å². The Hall–Kier alpha value is -3.98. The van der Waals surface area contributed by atoms with E-state index in [-0.39, 0.29) is 43.3 Å². The van der Waals surface area contributed by atoms with E-state index in [9.17, 15) is 14.7 Å². The maximum Gasteiger partial charge on any atom is 0.274 e. The van der Waals surface area contributed by atoms with Crippen molar-refractivity contribution in [2.45, 2.75) is 26.9 Å². The van der Waals surface area contributed by atoms with Gasteiger partial charge >= 0.3 is 0 Å². The van der Waals surface area contributed by atoms with E-state index in [0.29, 0.717) is 29.4 Å². The fraction of sp³-hybridized carbons (Fsp3) is 0.280. The van der Waals surface area contributed by atoms with Crippen molar-refractivity contribution in [2.75, 3.05) is 13.2 Å². The summed E-state index contributed by atoms with van der Waals surface area (Å²) in [5.41, 5.74) is 1.14. The molecule has 9 heteroatoms. The van der Waals surface area contributed by atoms with Gasteiger partial charge in [-0.15, -0.1) is 0 Å². The van der Waals surface area contributed by atoms with Gasteiger partial charge in [0.1, 0.15) is 12.4 Å². The highest BCUT2D eigenvalue weighted by Crippen LogP contribution is 2.44. The Labute approximate surface area is 196 Å². The molecule has 2 aromatic heterocycles. The fourth-order valence-corrected chi connectivity index (χ4v) is 3.59. The SMILES string of the molecule is C.O=C(NCC1(CO)CC1)c1ccccc1OCc1cc(=O)n2[nH]c(-c3ccccc3)nc2n1. The molecule has 4 aromatic rings. The molecule has 2 aromatic carbocycles. The number of amides is 1. The monoisotopic (exact) mass is 461 g/mol. The summed E-state index contributed by atoms with van der Waals surface area (Å²) in [5, 5.41) is 15.3. The van der Waals surface area contributed by atoms with Crippen molar-refractivity contribution in [1.82, 2.24) is 24.9 Å². The summed E-state index contributed by atoms with van der Waals surface area (Å²) < 4.78 is 7.13. The first-order valence-corrected chi connectivity index (χ1v) is 10.7. The number of nitrogens with one attached hydrogen (secondary N) is 2. The highest BCUT2D eigenvalue weighted by atomic mass is 16.5. The number of aliphatic hydroxyl groups is 1. The first kappa shape index (κ1) is 23.2. The summed E-state index contributed by atoms with van der Waals surface area (Å²) in [4.78, 5) is 34.1. The lowest BCUT2D eigenvalue weighted by atomic mass is 10.1. The lowest BCUT2D eigenvalue weighted by Gasteiger charge is -2.15. The molecular formula is C25H27N5O4. The number of para-hydroxylation sites is 1. The molecule has 1 aliphatic carbocycles. The second-order valence-electron chi connectivity index (χ2n) is 8.28. The summed E-state index contributed by atoms with van der Waals surface area (Å²) >= 11 is 0. The van der Waals surface area contributed by atoms with Crippen LogP contribution in [-0.2, 0) is 6.61 Å². The van der Waals surface area contributed by atoms with Crippen LogP contribution < -0.4 is 15.6 Å². The minimum atomic E-state index is -0.307. The van der Waals surface area contributed by atoms with Crippen molar-refractivity contribution >= 4 is 11.7 Å². The second-order valence-corrected chi connectivity index (χ2v) is 8.28. The standard InChI is InChI=1S/C24H23N5O4.CH4/c30-15-24(10-11-24)14-25-22(32)18-8-4-5-9-19(18)33-13-17-12-20(31)29-23(26-17)27-21(28-29)16-6-2-1-3-7-16;/h1-9,12,30H,10-11,13-15H2,(H,25,32)(H,26,27,28);1H4. The maximum absolute atomic E-state index is 12.7. The topological polar surface area (TPSA) is 122 Å². The van der Waals surface area contributed by atoms with Gasteiger partial charge in [-0.25, -0.2) is 4.98 Å². The Morgan fingerprint density at radius 2 is 1.85 bits per heavy atom. The summed E-state index contributed by atoms with van der Waals surface area (Å²) in [7, 11) is 0. The molecule has 1 fully saturated rings. The molecule has 0 spiro atoms. The average molecular weight is 462 g/mol. The molecule has 1 saturated carbocycles. The third-order valence-corrected chi connectivity index (χ3v) is 5.85. The van der Waals surface area contributed by atoms with Crippen molar-refractivity contribution in [3.8, 4) is 17.1 Å². The quantitative estimate of drug-likeness (QED) is 0.371. The van der Waals surface area contributed by atoms with Gasteiger partial charge in [-0.2, -0.15) is 9.50 Å². The highest BCUT2D eigenvalue weighted by molar-refractivity contribution is 5.96. The van der Waals surface area contributed by atoms with E-state index in [0.717, 1.165) is 18.4 Å². The molecule has 2 heterocycles. The zero-order chi connectivity index (χ0) is 22.8. The van der Waals surface area contributed by atoms with E-state index in [1.165, 1.54) is 10.6 Å². The number of aromatic amines is 1. The number of hydrogen-bond acceptors (Lipinski definition) is 6. The minimum Gasteiger partial charge on any atom is -0.486 e. The molecule has 9 nitrogen and oxygen atoms in total. The van der Waals surface area contributed by atoms with Crippen molar-refractivity contribution in [3.63, 3.8) is 0 Å². The normalized spacial score (nSPS) is 13.8. The molecule has 0 atom stereocenters. The van der Waals surface area contributed by atoms with Gasteiger partial charge in [0, 0.05) is 23.6 Å². The number of rotatable bonds is 8. The van der Waals surface area contributed by atoms with Crippen molar-refractivity contribution < 1.29 is 14.6 Å². The molecule has 0 bridgehead atoms. The molecule has 0 radical (unpaired) electrons. The van der Waals surface area contributed by atoms with Crippen LogP contribution in [0.5, 0.6) is 5.75 Å². The van der Waals surface area contributed by atoms with E-state index in [4.69, 9.17) is 4.74 Å². The number of benzene rings is 2. The Bertz CT molecular complexity index is 1360. The van der Waals surface area contributed by atoms with Crippen LogP contribution in [0, 0.1) is 5.41 Å². The molecule has 1 amide bonds. The number of fused-ring (bicyclic) bond motifs is 1. The van der Waals surface area contributed by atoms with Crippen LogP contribution in [-0.4, -0.2) is 43.7 Å². The molecule has 0 unspecified atom stereocenters. The first-order valence-electron chi connectivity index (χ1n) is 10.7. The first-order chi connectivity index (χ1) is 16.1. The van der Waals surface area contributed by atoms with Crippen LogP contribution >= 0.6 is 0 Å². The Morgan fingerprint density at radius 3 is 2.59 bits per heavy atom. The Morgan fingerprint density at radius 1 is 1.12 bits per heavy atom. The molecular weight excluding hydrogens is 434 g/mol. The van der Waals surface area contributed by atoms with E-state index in [1.54, 1.807) is 24.3 Å². The number of carbonyl (C=O) groups is 1. The largest absolute Gasteiger partial charge is 0.486 e. The number of ether oxygens (including phenoxy) is 1. The van der Waals surface area contributed by atoms with Crippen molar-refractivity contribution in [2.24, 2.45) is 5.41 Å². The van der Waals surface area contributed by atoms with Crippen LogP contribution in [0.2, 0.25) is 0 Å². The van der Waals surface area contributed by atoms with Gasteiger partial charge < -0.3 is 15.2 Å². The zero-order valence-corrected chi connectivity index (χ0v) is 17.8. The molecule has 5 rings (SSSR count). The molecule has 34 heavy (non-hydrogen) atoms. The van der Waals surface area contributed by atoms with Gasteiger partial charge in [0.15, 0.2) is 5.82 Å². The van der Waals surface area contributed by atoms with Gasteiger partial charge in [-0.05, 0) is 25.0 Å². The second kappa shape index (κ2) is 9.48. The Balaban J connectivity index is 0.00000274. The van der Waals surface area contributed by atoms with Crippen LogP contribution in [0.1, 0.15) is 36.3 Å². The van der Waals surface area contributed by atoms with Crippen LogP contribution in [0.4, 0.5) is 0 Å². The van der Waals surface area contributed by atoms with E-state index >= 15 is 0 Å². The molecule has 1 aliphatic rings. The van der Waals surface area contributed by atoms with Gasteiger partial charge in [0.05, 0.1) is 17.9 Å². The number of aliphatic hydroxyl groups excluding tert-OH is 1. The smallest absolute Gasteiger partial charge is 0.274 e. The van der Waals surface area contributed by atoms with Crippen molar-refractivity contribution in [1.29, 1.82) is 0 Å². The zero-order valence-electron chi connectivity index (χ0n) is 17.8. The van der Waals surface area contributed by atoms with Gasteiger partial charge in [-0.1, -0.05) is 49.9 Å². The van der Waals surface area contributed by atoms with Crippen LogP contribution in [0.25, 0.3) is 17.2 Å². The molecule has 0 saturated heterocycles. The summed E-state index contributed by atoms with van der Waals surface area (Å²) in [6, 6.07) is 17.7. The summed E-state index contributed by atoms with van der Waals surface area (Å²) in [6.07, 6.45) is 1.82. The van der Waals surface area contributed by atoms with Crippen LogP contribution in [0.15, 0.2) is 65.5 Å². The number of carbonyl (C=O) groups excluding carboxylic acids is 1. The highest BCUT2D eigenvalue weighted by Gasteiger charge is 2.42. The van der Waals surface area contributed by atoms with Crippen molar-refractivity contribution in [3.05, 3.63) is 82.3 Å². The third-order valence-electron chi connectivity index (χ3n) is 5.85. The number of hydrogen-bond donors (Lipinski definition) is 3. The summed E-state index contributed by atoms with van der Waals surface area (Å²) in [5.74, 6) is 0.896. The number of aromatic nitrogens is 4. The summed E-state index contributed by atoms with van der Waals surface area (Å²) in [6.45, 7) is 0.493. The predicted molar refractivity (Wildman–Crippen MR) is 128 cm³/mol. The van der Waals surface area contributed by atoms with E-state index in [2.05, 4.69) is 20.4 Å². The predicted octanol–water partition coefficient (Wildman–Crippen LogP) is 2.80. The number of nitrogens with zero attached hydrogens (tertiary/aromatic N) is 3. The van der Waals surface area contributed by atoms with E-state index < -0.39 is 0 Å². The number of H-pyrrole nitrogens is 1. The van der Waals surface area contributed by atoms with Gasteiger partial charge in [-0.3, -0.25) is 14.7 Å². The lowest BCUT2D eigenvalue weighted by Crippen LogP contribution is -2.32. The fourth-order valence-electron chi connectivity index (χ4n) is 3.59. The van der Waals surface area contributed by atoms with Crippen LogP contribution in [0.3, 0.4) is 0 Å². The maximum atomic E-state index is 12.7. The lowest BCUT2D eigenvalue weighted by molar-refractivity contribution is 0.0930. The van der Waals surface area contributed by atoms with Gasteiger partial charge in [0.25, 0.3) is 17.2 Å². The molecule has 3 N–H and O–H groups in total. The Kier molecular flexibility index (Phi) is 6.47. The molecule has 0 aliphatic heterocycles. The van der Waals surface area contributed by atoms with E-state index in [1.807, 2.05) is 30.3 Å². The minimum absolute atomic E-state index is 0. The average Bonchev–Trinajstić information content (AvgIpc) is 3.51. The molecule has 176 valence electrons.